The molecular weight excluding hydrogens is 492 g/mol. The number of benzene rings is 6. The summed E-state index contributed by atoms with van der Waals surface area (Å²) < 4.78 is 7.56. The van der Waals surface area contributed by atoms with Crippen LogP contribution in [0.4, 0.5) is 0 Å². The maximum Gasteiger partial charge on any atom is 0.0703 e. The number of nitrogens with zero attached hydrogens (tertiary/aromatic N) is 2. The molecule has 0 unspecified atom stereocenters. The van der Waals surface area contributed by atoms with Crippen LogP contribution >= 0.6 is 11.3 Å². The zero-order valence-electron chi connectivity index (χ0n) is 21.0. The van der Waals surface area contributed by atoms with Gasteiger partial charge in [0.2, 0.25) is 0 Å². The monoisotopic (exact) mass is 514 g/mol. The van der Waals surface area contributed by atoms with E-state index < -0.39 is 0 Å². The predicted octanol–water partition coefficient (Wildman–Crippen LogP) is 10.3. The summed E-state index contributed by atoms with van der Waals surface area (Å²) in [5, 5.41) is 7.67. The van der Waals surface area contributed by atoms with Gasteiger partial charge in [-0.3, -0.25) is 0 Å². The van der Waals surface area contributed by atoms with Crippen molar-refractivity contribution in [3.8, 4) is 5.69 Å². The van der Waals surface area contributed by atoms with Gasteiger partial charge in [0.25, 0.3) is 0 Å². The normalized spacial score (nSPS) is 12.1. The first-order valence-electron chi connectivity index (χ1n) is 13.3. The Bertz CT molecular complexity index is 2450. The number of thiophene rings is 1. The largest absolute Gasteiger partial charge is 0.308 e. The average Bonchev–Trinajstić information content (AvgIpc) is 3.53. The van der Waals surface area contributed by atoms with Gasteiger partial charge in [-0.15, -0.1) is 11.3 Å². The van der Waals surface area contributed by atoms with Gasteiger partial charge in [-0.05, 0) is 48.5 Å². The molecule has 0 spiro atoms. The van der Waals surface area contributed by atoms with E-state index in [1.165, 1.54) is 69.3 Å². The van der Waals surface area contributed by atoms with Gasteiger partial charge in [0, 0.05) is 47.4 Å². The Hall–Kier alpha value is -4.86. The summed E-state index contributed by atoms with van der Waals surface area (Å²) in [6.07, 6.45) is 0. The molecule has 0 radical (unpaired) electrons. The highest BCUT2D eigenvalue weighted by Gasteiger charge is 2.16. The minimum atomic E-state index is 1.16. The van der Waals surface area contributed by atoms with Crippen LogP contribution in [0, 0.1) is 0 Å². The number of hydrogen-bond donors (Lipinski definition) is 0. The second-order valence-electron chi connectivity index (χ2n) is 10.2. The van der Waals surface area contributed by atoms with E-state index in [9.17, 15) is 0 Å². The van der Waals surface area contributed by atoms with E-state index in [0.717, 1.165) is 5.69 Å². The lowest BCUT2D eigenvalue weighted by Crippen LogP contribution is -2.01. The van der Waals surface area contributed by atoms with Gasteiger partial charge in [-0.2, -0.15) is 0 Å². The van der Waals surface area contributed by atoms with Gasteiger partial charge >= 0.3 is 0 Å². The van der Waals surface area contributed by atoms with E-state index in [1.807, 2.05) is 11.3 Å². The lowest BCUT2D eigenvalue weighted by Gasteiger charge is -2.17. The molecule has 3 aromatic heterocycles. The van der Waals surface area contributed by atoms with Gasteiger partial charge in [0.1, 0.15) is 0 Å². The van der Waals surface area contributed by atoms with Crippen LogP contribution in [-0.4, -0.2) is 8.97 Å². The molecule has 0 fully saturated rings. The van der Waals surface area contributed by atoms with Crippen LogP contribution in [0.5, 0.6) is 0 Å². The molecule has 0 atom stereocenters. The number of para-hydroxylation sites is 5. The molecule has 9 aromatic rings. The fourth-order valence-electron chi connectivity index (χ4n) is 6.49. The molecule has 3 heterocycles. The molecule has 0 saturated carbocycles. The number of hydrogen-bond acceptors (Lipinski definition) is 1. The van der Waals surface area contributed by atoms with Crippen LogP contribution in [0.15, 0.2) is 133 Å². The van der Waals surface area contributed by atoms with Crippen molar-refractivity contribution in [2.75, 3.05) is 0 Å². The zero-order chi connectivity index (χ0) is 25.5. The summed E-state index contributed by atoms with van der Waals surface area (Å²) in [5.74, 6) is 0. The second-order valence-corrected chi connectivity index (χ2v) is 11.3. The lowest BCUT2D eigenvalue weighted by molar-refractivity contribution is 1.16. The lowest BCUT2D eigenvalue weighted by atomic mass is 10.1. The summed E-state index contributed by atoms with van der Waals surface area (Å²) in [4.78, 5) is 0. The van der Waals surface area contributed by atoms with E-state index >= 15 is 0 Å². The van der Waals surface area contributed by atoms with Gasteiger partial charge in [-0.1, -0.05) is 84.9 Å². The molecule has 182 valence electrons. The summed E-state index contributed by atoms with van der Waals surface area (Å²) >= 11 is 1.86. The first-order valence-corrected chi connectivity index (χ1v) is 14.1. The molecule has 0 bridgehead atoms. The molecule has 0 aliphatic heterocycles. The molecule has 0 N–H and O–H groups in total. The third-order valence-electron chi connectivity index (χ3n) is 8.11. The predicted molar refractivity (Wildman–Crippen MR) is 168 cm³/mol. The van der Waals surface area contributed by atoms with Crippen LogP contribution < -0.4 is 0 Å². The standard InChI is InChI=1S/C36H22N2S/c1-4-15-30-24(10-1)27-13-9-14-28-25-11-2-5-16-31(25)38(36(27)28)33-18-7-6-17-32(33)37(30)23-20-21-35-29(22-23)26-12-3-8-19-34(26)39-35/h1-22H. The zero-order valence-corrected chi connectivity index (χ0v) is 21.8. The van der Waals surface area contributed by atoms with Gasteiger partial charge in [-0.25, -0.2) is 0 Å². The second kappa shape index (κ2) is 7.83. The van der Waals surface area contributed by atoms with Gasteiger partial charge in [0.05, 0.1) is 27.6 Å². The molecule has 9 rings (SSSR count). The third-order valence-corrected chi connectivity index (χ3v) is 9.26. The topological polar surface area (TPSA) is 9.34 Å². The molecule has 0 aliphatic carbocycles. The van der Waals surface area contributed by atoms with E-state index in [1.54, 1.807) is 0 Å². The molecule has 6 aromatic carbocycles. The summed E-state index contributed by atoms with van der Waals surface area (Å²) in [6.45, 7) is 0. The van der Waals surface area contributed by atoms with Crippen LogP contribution in [-0.2, 0) is 0 Å². The van der Waals surface area contributed by atoms with Crippen molar-refractivity contribution in [1.29, 1.82) is 0 Å². The van der Waals surface area contributed by atoms with E-state index in [-0.39, 0.29) is 0 Å². The van der Waals surface area contributed by atoms with Crippen molar-refractivity contribution < 1.29 is 0 Å². The van der Waals surface area contributed by atoms with E-state index in [0.29, 0.717) is 0 Å². The highest BCUT2D eigenvalue weighted by atomic mass is 32.1. The molecule has 0 amide bonds. The molecule has 0 aliphatic rings. The number of aromatic nitrogens is 2. The van der Waals surface area contributed by atoms with Crippen molar-refractivity contribution in [2.24, 2.45) is 0 Å². The summed E-state index contributed by atoms with van der Waals surface area (Å²) in [7, 11) is 0. The van der Waals surface area contributed by atoms with Crippen LogP contribution in [0.1, 0.15) is 0 Å². The third kappa shape index (κ3) is 2.85. The number of rotatable bonds is 1. The summed E-state index contributed by atoms with van der Waals surface area (Å²) in [5.41, 5.74) is 7.19. The van der Waals surface area contributed by atoms with E-state index in [4.69, 9.17) is 0 Å². The molecule has 2 nitrogen and oxygen atoms in total. The van der Waals surface area contributed by atoms with Crippen LogP contribution in [0.25, 0.3) is 75.0 Å². The van der Waals surface area contributed by atoms with Crippen molar-refractivity contribution in [3.05, 3.63) is 133 Å². The Kier molecular flexibility index (Phi) is 4.24. The highest BCUT2D eigenvalue weighted by molar-refractivity contribution is 7.25. The minimum Gasteiger partial charge on any atom is -0.308 e. The Morgan fingerprint density at radius 2 is 0.949 bits per heavy atom. The highest BCUT2D eigenvalue weighted by Crippen LogP contribution is 2.39. The molecule has 39 heavy (non-hydrogen) atoms. The average molecular weight is 515 g/mol. The fourth-order valence-corrected chi connectivity index (χ4v) is 7.57. The minimum absolute atomic E-state index is 1.16. The molecular formula is C36H22N2S. The van der Waals surface area contributed by atoms with Crippen molar-refractivity contribution in [3.63, 3.8) is 0 Å². The number of fused-ring (bicyclic) bond motifs is 10. The van der Waals surface area contributed by atoms with Crippen LogP contribution in [0.3, 0.4) is 0 Å². The van der Waals surface area contributed by atoms with Gasteiger partial charge in [0.15, 0.2) is 0 Å². The maximum atomic E-state index is 2.47. The fraction of sp³-hybridized carbons (Fsp3) is 0. The van der Waals surface area contributed by atoms with Crippen LogP contribution in [0.2, 0.25) is 0 Å². The van der Waals surface area contributed by atoms with Gasteiger partial charge < -0.3 is 8.97 Å². The quantitative estimate of drug-likeness (QED) is 0.206. The molecule has 3 heteroatoms. The van der Waals surface area contributed by atoms with Crippen molar-refractivity contribution in [1.82, 2.24) is 8.97 Å². The maximum absolute atomic E-state index is 2.47. The smallest absolute Gasteiger partial charge is 0.0703 e. The van der Waals surface area contributed by atoms with Crippen molar-refractivity contribution >= 4 is 80.6 Å². The van der Waals surface area contributed by atoms with Crippen molar-refractivity contribution in [2.45, 2.75) is 0 Å². The van der Waals surface area contributed by atoms with E-state index in [2.05, 4.69) is 142 Å². The SMILES string of the molecule is c1ccc2c(c1)sc1ccc(-n3c4ccccc4c4cccc5c6ccccc6n(c6ccccc63)c45)cc12. The summed E-state index contributed by atoms with van der Waals surface area (Å²) in [6, 6.07) is 48.9. The Labute approximate surface area is 228 Å². The first kappa shape index (κ1) is 21.1. The Balaban J connectivity index is 1.59. The Morgan fingerprint density at radius 3 is 1.74 bits per heavy atom. The molecule has 0 saturated heterocycles. The Morgan fingerprint density at radius 1 is 0.385 bits per heavy atom. The first-order chi connectivity index (χ1) is 19.4.